The number of phenolic OH excluding ortho intramolecular Hbond substituents is 1. The fourth-order valence-corrected chi connectivity index (χ4v) is 6.04. The molecule has 0 spiro atoms. The minimum Gasteiger partial charge on any atom is -0.508 e. The zero-order valence-corrected chi connectivity index (χ0v) is 19.0. The van der Waals surface area contributed by atoms with Gasteiger partial charge in [-0.05, 0) is 47.7 Å². The van der Waals surface area contributed by atoms with Gasteiger partial charge in [-0.1, -0.05) is 19.1 Å². The summed E-state index contributed by atoms with van der Waals surface area (Å²) >= 11 is 0. The van der Waals surface area contributed by atoms with Crippen LogP contribution >= 0.6 is 0 Å². The average molecular weight is 458 g/mol. The second kappa shape index (κ2) is 8.96. The van der Waals surface area contributed by atoms with E-state index >= 15 is 0 Å². The molecular formula is C24H27NO6S. The molecule has 1 unspecified atom stereocenters. The highest BCUT2D eigenvalue weighted by Crippen LogP contribution is 2.29. The van der Waals surface area contributed by atoms with Gasteiger partial charge in [-0.2, -0.15) is 0 Å². The van der Waals surface area contributed by atoms with Crippen LogP contribution in [0.3, 0.4) is 0 Å². The predicted octanol–water partition coefficient (Wildman–Crippen LogP) is 3.26. The first kappa shape index (κ1) is 22.4. The summed E-state index contributed by atoms with van der Waals surface area (Å²) in [6.07, 6.45) is 1.19. The molecule has 0 aliphatic carbocycles. The number of hydrogen-bond donors (Lipinski definition) is 1. The van der Waals surface area contributed by atoms with E-state index in [1.165, 1.54) is 12.1 Å². The van der Waals surface area contributed by atoms with Crippen LogP contribution in [0, 0.1) is 0 Å². The second-order valence-electron chi connectivity index (χ2n) is 8.23. The number of nitrogens with zero attached hydrogens (tertiary/aromatic N) is 1. The molecule has 0 saturated carbocycles. The van der Waals surface area contributed by atoms with Gasteiger partial charge in [0.05, 0.1) is 18.6 Å². The normalized spacial score (nSPS) is 17.8. The largest absolute Gasteiger partial charge is 0.508 e. The Hall–Kier alpha value is -2.84. The van der Waals surface area contributed by atoms with Crippen molar-refractivity contribution in [1.29, 1.82) is 0 Å². The Balaban J connectivity index is 1.73. The van der Waals surface area contributed by atoms with Crippen LogP contribution in [0.5, 0.6) is 11.5 Å². The molecule has 1 aliphatic rings. The lowest BCUT2D eigenvalue weighted by Crippen LogP contribution is -2.35. The van der Waals surface area contributed by atoms with Crippen molar-refractivity contribution < 1.29 is 22.7 Å². The number of hydrogen-bond acceptors (Lipinski definition) is 7. The minimum absolute atomic E-state index is 0.0947. The quantitative estimate of drug-likeness (QED) is 0.544. The smallest absolute Gasteiger partial charge is 0.336 e. The lowest BCUT2D eigenvalue weighted by atomic mass is 10.0. The van der Waals surface area contributed by atoms with E-state index in [0.29, 0.717) is 31.5 Å². The van der Waals surface area contributed by atoms with E-state index in [2.05, 4.69) is 4.90 Å². The van der Waals surface area contributed by atoms with Crippen LogP contribution in [0.2, 0.25) is 0 Å². The molecule has 8 heteroatoms. The Bertz CT molecular complexity index is 1280. The standard InChI is InChI=1S/C24H27NO6S/c1-3-17-10-21-18(11-24(27)31-23(21)12-22(17)26)14-25(19-8-9-32(28,29)15-19)13-16-4-6-20(30-2)7-5-16/h4-7,10-12,19,26H,3,8-9,13-15H2,1-2H3. The SMILES string of the molecule is CCc1cc2c(CN(Cc3ccc(OC)cc3)C3CCS(=O)(=O)C3)cc(=O)oc2cc1O. The summed E-state index contributed by atoms with van der Waals surface area (Å²) in [5, 5.41) is 10.9. The summed E-state index contributed by atoms with van der Waals surface area (Å²) in [5.74, 6) is 1.12. The highest BCUT2D eigenvalue weighted by molar-refractivity contribution is 7.91. The Kier molecular flexibility index (Phi) is 6.26. The van der Waals surface area contributed by atoms with E-state index in [0.717, 1.165) is 27.8 Å². The number of sulfone groups is 1. The van der Waals surface area contributed by atoms with Crippen LogP contribution in [0.25, 0.3) is 11.0 Å². The maximum atomic E-state index is 12.2. The number of aromatic hydroxyl groups is 1. The average Bonchev–Trinajstić information content (AvgIpc) is 3.13. The summed E-state index contributed by atoms with van der Waals surface area (Å²) < 4.78 is 34.9. The first-order valence-electron chi connectivity index (χ1n) is 10.6. The monoisotopic (exact) mass is 457 g/mol. The summed E-state index contributed by atoms with van der Waals surface area (Å²) in [4.78, 5) is 14.3. The zero-order valence-electron chi connectivity index (χ0n) is 18.2. The van der Waals surface area contributed by atoms with E-state index in [1.807, 2.05) is 37.3 Å². The molecule has 170 valence electrons. The van der Waals surface area contributed by atoms with Crippen molar-refractivity contribution >= 4 is 20.8 Å². The van der Waals surface area contributed by atoms with Crippen LogP contribution in [0.4, 0.5) is 0 Å². The highest BCUT2D eigenvalue weighted by atomic mass is 32.2. The fourth-order valence-electron chi connectivity index (χ4n) is 4.28. The van der Waals surface area contributed by atoms with Crippen molar-refractivity contribution in [2.75, 3.05) is 18.6 Å². The third-order valence-electron chi connectivity index (χ3n) is 6.05. The summed E-state index contributed by atoms with van der Waals surface area (Å²) in [6, 6.07) is 12.3. The number of rotatable bonds is 7. The fraction of sp³-hybridized carbons (Fsp3) is 0.375. The van der Waals surface area contributed by atoms with Gasteiger partial charge in [0.2, 0.25) is 0 Å². The van der Waals surface area contributed by atoms with Crippen molar-refractivity contribution in [2.45, 2.75) is 38.9 Å². The summed E-state index contributed by atoms with van der Waals surface area (Å²) in [5.41, 5.74) is 2.36. The van der Waals surface area contributed by atoms with Gasteiger partial charge < -0.3 is 14.3 Å². The van der Waals surface area contributed by atoms with Crippen molar-refractivity contribution in [3.8, 4) is 11.5 Å². The van der Waals surface area contributed by atoms with Gasteiger partial charge in [0.15, 0.2) is 9.84 Å². The van der Waals surface area contributed by atoms with Gasteiger partial charge in [0, 0.05) is 36.7 Å². The molecule has 1 fully saturated rings. The number of phenols is 1. The highest BCUT2D eigenvalue weighted by Gasteiger charge is 2.32. The number of fused-ring (bicyclic) bond motifs is 1. The molecule has 2 aromatic carbocycles. The topological polar surface area (TPSA) is 97.0 Å². The molecule has 0 bridgehead atoms. The molecule has 1 aromatic heterocycles. The molecule has 2 heterocycles. The van der Waals surface area contributed by atoms with Gasteiger partial charge >= 0.3 is 5.63 Å². The molecule has 7 nitrogen and oxygen atoms in total. The maximum absolute atomic E-state index is 12.2. The molecule has 4 rings (SSSR count). The lowest BCUT2D eigenvalue weighted by Gasteiger charge is -2.28. The van der Waals surface area contributed by atoms with Crippen molar-refractivity contribution in [1.82, 2.24) is 4.90 Å². The van der Waals surface area contributed by atoms with Crippen LogP contribution in [0.15, 0.2) is 51.7 Å². The van der Waals surface area contributed by atoms with Gasteiger partial charge in [-0.3, -0.25) is 4.90 Å². The molecule has 1 atom stereocenters. The first-order valence-corrected chi connectivity index (χ1v) is 12.5. The van der Waals surface area contributed by atoms with Crippen LogP contribution < -0.4 is 10.4 Å². The molecule has 0 amide bonds. The van der Waals surface area contributed by atoms with Gasteiger partial charge in [-0.15, -0.1) is 0 Å². The Morgan fingerprint density at radius 3 is 2.50 bits per heavy atom. The minimum atomic E-state index is -3.08. The number of benzene rings is 2. The summed E-state index contributed by atoms with van der Waals surface area (Å²) in [6.45, 7) is 2.87. The van der Waals surface area contributed by atoms with Gasteiger partial charge in [-0.25, -0.2) is 13.2 Å². The number of aryl methyl sites for hydroxylation is 1. The zero-order chi connectivity index (χ0) is 22.9. The molecule has 3 aromatic rings. The van der Waals surface area contributed by atoms with Crippen LogP contribution in [-0.2, 0) is 29.3 Å². The van der Waals surface area contributed by atoms with Crippen LogP contribution in [-0.4, -0.2) is 43.1 Å². The van der Waals surface area contributed by atoms with Crippen molar-refractivity contribution in [3.63, 3.8) is 0 Å². The van der Waals surface area contributed by atoms with Crippen molar-refractivity contribution in [3.05, 3.63) is 69.6 Å². The predicted molar refractivity (Wildman–Crippen MR) is 123 cm³/mol. The van der Waals surface area contributed by atoms with E-state index < -0.39 is 15.5 Å². The van der Waals surface area contributed by atoms with Gasteiger partial charge in [0.1, 0.15) is 17.1 Å². The first-order chi connectivity index (χ1) is 15.3. The second-order valence-corrected chi connectivity index (χ2v) is 10.5. The Labute approximate surface area is 187 Å². The molecule has 1 saturated heterocycles. The molecule has 1 N–H and O–H groups in total. The van der Waals surface area contributed by atoms with Gasteiger partial charge in [0.25, 0.3) is 0 Å². The molecule has 32 heavy (non-hydrogen) atoms. The molecule has 0 radical (unpaired) electrons. The Morgan fingerprint density at radius 2 is 1.88 bits per heavy atom. The number of ether oxygens (including phenoxy) is 1. The maximum Gasteiger partial charge on any atom is 0.336 e. The van der Waals surface area contributed by atoms with E-state index in [9.17, 15) is 18.3 Å². The molecular weight excluding hydrogens is 430 g/mol. The lowest BCUT2D eigenvalue weighted by molar-refractivity contribution is 0.194. The van der Waals surface area contributed by atoms with Crippen LogP contribution in [0.1, 0.15) is 30.0 Å². The van der Waals surface area contributed by atoms with E-state index in [1.54, 1.807) is 7.11 Å². The molecule has 1 aliphatic heterocycles. The van der Waals surface area contributed by atoms with E-state index in [-0.39, 0.29) is 23.3 Å². The third-order valence-corrected chi connectivity index (χ3v) is 7.80. The Morgan fingerprint density at radius 1 is 1.12 bits per heavy atom. The third kappa shape index (κ3) is 4.81. The van der Waals surface area contributed by atoms with E-state index in [4.69, 9.17) is 9.15 Å². The number of methoxy groups -OCH3 is 1. The van der Waals surface area contributed by atoms with Crippen molar-refractivity contribution in [2.24, 2.45) is 0 Å². The summed E-state index contributed by atoms with van der Waals surface area (Å²) in [7, 11) is -1.47.